The van der Waals surface area contributed by atoms with E-state index in [-0.39, 0.29) is 0 Å². The Balaban J connectivity index is 1.77. The van der Waals surface area contributed by atoms with Crippen LogP contribution in [-0.4, -0.2) is 36.5 Å². The first-order chi connectivity index (χ1) is 10.3. The fourth-order valence-electron chi connectivity index (χ4n) is 2.95. The molecule has 1 atom stereocenters. The van der Waals surface area contributed by atoms with E-state index in [1.54, 1.807) is 0 Å². The molecule has 1 aliphatic rings. The molecule has 4 heteroatoms. The molecule has 1 aromatic carbocycles. The molecular formula is C17H23N3S. The lowest BCUT2D eigenvalue weighted by atomic mass is 10.0. The molecule has 0 bridgehead atoms. The Morgan fingerprint density at radius 3 is 2.57 bits per heavy atom. The zero-order valence-electron chi connectivity index (χ0n) is 12.5. The van der Waals surface area contributed by atoms with Gasteiger partial charge in [0.2, 0.25) is 0 Å². The summed E-state index contributed by atoms with van der Waals surface area (Å²) in [5, 5.41) is 0. The molecule has 2 heterocycles. The minimum absolute atomic E-state index is 0.480. The predicted octanol–water partition coefficient (Wildman–Crippen LogP) is 2.70. The molecule has 1 saturated heterocycles. The lowest BCUT2D eigenvalue weighted by molar-refractivity contribution is 0.0843. The molecule has 1 aliphatic heterocycles. The van der Waals surface area contributed by atoms with Gasteiger partial charge in [0.05, 0.1) is 0 Å². The Hall–Kier alpha value is -1.20. The minimum atomic E-state index is 0.480. The summed E-state index contributed by atoms with van der Waals surface area (Å²) in [5.41, 5.74) is 7.14. The molecule has 1 unspecified atom stereocenters. The van der Waals surface area contributed by atoms with Gasteiger partial charge in [-0.1, -0.05) is 30.3 Å². The molecule has 0 aliphatic carbocycles. The Bertz CT molecular complexity index is 566. The van der Waals surface area contributed by atoms with Crippen LogP contribution in [-0.2, 0) is 13.1 Å². The average Bonchev–Trinajstić information content (AvgIpc) is 2.98. The summed E-state index contributed by atoms with van der Waals surface area (Å²) in [5.74, 6) is 0. The van der Waals surface area contributed by atoms with E-state index in [0.29, 0.717) is 12.6 Å². The van der Waals surface area contributed by atoms with Crippen LogP contribution in [0.4, 0.5) is 0 Å². The van der Waals surface area contributed by atoms with Gasteiger partial charge in [-0.2, -0.15) is 0 Å². The van der Waals surface area contributed by atoms with Crippen molar-refractivity contribution in [3.05, 3.63) is 57.8 Å². The monoisotopic (exact) mass is 301 g/mol. The smallest absolute Gasteiger partial charge is 0.0479 e. The highest BCUT2D eigenvalue weighted by atomic mass is 32.1. The van der Waals surface area contributed by atoms with Crippen molar-refractivity contribution < 1.29 is 0 Å². The molecular weight excluding hydrogens is 278 g/mol. The number of rotatable bonds is 4. The van der Waals surface area contributed by atoms with Gasteiger partial charge in [0.25, 0.3) is 0 Å². The highest BCUT2D eigenvalue weighted by Gasteiger charge is 2.26. The van der Waals surface area contributed by atoms with Gasteiger partial charge in [0, 0.05) is 48.5 Å². The van der Waals surface area contributed by atoms with Gasteiger partial charge in [-0.15, -0.1) is 11.3 Å². The molecule has 21 heavy (non-hydrogen) atoms. The second-order valence-electron chi connectivity index (χ2n) is 5.73. The summed E-state index contributed by atoms with van der Waals surface area (Å²) in [4.78, 5) is 7.71. The van der Waals surface area contributed by atoms with Crippen molar-refractivity contribution in [2.45, 2.75) is 19.1 Å². The highest BCUT2D eigenvalue weighted by Crippen LogP contribution is 2.28. The second kappa shape index (κ2) is 6.71. The number of hydrogen-bond acceptors (Lipinski definition) is 4. The molecule has 0 spiro atoms. The standard InChI is InChI=1S/C17H23N3S/c1-19-9-10-20(12-16-8-7-15(11-18)21-16)17(13-19)14-5-3-2-4-6-14/h2-8,17H,9-13,18H2,1H3. The van der Waals surface area contributed by atoms with E-state index in [4.69, 9.17) is 5.73 Å². The van der Waals surface area contributed by atoms with Crippen molar-refractivity contribution in [3.63, 3.8) is 0 Å². The molecule has 0 amide bonds. The topological polar surface area (TPSA) is 32.5 Å². The van der Waals surface area contributed by atoms with Gasteiger partial charge in [0.15, 0.2) is 0 Å². The Kier molecular flexibility index (Phi) is 4.70. The first kappa shape index (κ1) is 14.7. The lowest BCUT2D eigenvalue weighted by Gasteiger charge is -2.40. The number of hydrogen-bond donors (Lipinski definition) is 1. The van der Waals surface area contributed by atoms with Crippen molar-refractivity contribution in [1.82, 2.24) is 9.80 Å². The summed E-state index contributed by atoms with van der Waals surface area (Å²) in [7, 11) is 2.21. The van der Waals surface area contributed by atoms with Crippen LogP contribution in [0.1, 0.15) is 21.4 Å². The van der Waals surface area contributed by atoms with E-state index >= 15 is 0 Å². The number of piperazine rings is 1. The van der Waals surface area contributed by atoms with Crippen molar-refractivity contribution in [3.8, 4) is 0 Å². The predicted molar refractivity (Wildman–Crippen MR) is 89.3 cm³/mol. The van der Waals surface area contributed by atoms with Crippen LogP contribution < -0.4 is 5.73 Å². The van der Waals surface area contributed by atoms with E-state index in [2.05, 4.69) is 59.3 Å². The number of benzene rings is 1. The number of thiophene rings is 1. The molecule has 1 aromatic heterocycles. The normalized spacial score (nSPS) is 20.8. The highest BCUT2D eigenvalue weighted by molar-refractivity contribution is 7.11. The van der Waals surface area contributed by atoms with Gasteiger partial charge in [-0.25, -0.2) is 0 Å². The summed E-state index contributed by atoms with van der Waals surface area (Å²) < 4.78 is 0. The maximum Gasteiger partial charge on any atom is 0.0479 e. The number of nitrogens with zero attached hydrogens (tertiary/aromatic N) is 2. The Morgan fingerprint density at radius 1 is 1.10 bits per heavy atom. The van der Waals surface area contributed by atoms with Crippen LogP contribution in [0.3, 0.4) is 0 Å². The molecule has 2 aromatic rings. The molecule has 1 fully saturated rings. The van der Waals surface area contributed by atoms with Gasteiger partial charge in [-0.05, 0) is 24.7 Å². The molecule has 2 N–H and O–H groups in total. The summed E-state index contributed by atoms with van der Waals surface area (Å²) in [6.07, 6.45) is 0. The number of nitrogens with two attached hydrogens (primary N) is 1. The first-order valence-corrected chi connectivity index (χ1v) is 8.33. The summed E-state index contributed by atoms with van der Waals surface area (Å²) in [6.45, 7) is 5.02. The van der Waals surface area contributed by atoms with Crippen molar-refractivity contribution in [2.24, 2.45) is 5.73 Å². The fraction of sp³-hybridized carbons (Fsp3) is 0.412. The fourth-order valence-corrected chi connectivity index (χ4v) is 3.88. The van der Waals surface area contributed by atoms with Crippen molar-refractivity contribution in [2.75, 3.05) is 26.7 Å². The largest absolute Gasteiger partial charge is 0.326 e. The van der Waals surface area contributed by atoms with Gasteiger partial charge in [-0.3, -0.25) is 4.90 Å². The summed E-state index contributed by atoms with van der Waals surface area (Å²) >= 11 is 1.84. The Morgan fingerprint density at radius 2 is 1.86 bits per heavy atom. The Labute approximate surface area is 131 Å². The molecule has 112 valence electrons. The first-order valence-electron chi connectivity index (χ1n) is 7.51. The average molecular weight is 301 g/mol. The molecule has 3 nitrogen and oxygen atoms in total. The molecule has 0 radical (unpaired) electrons. The van der Waals surface area contributed by atoms with E-state index in [1.165, 1.54) is 15.3 Å². The SMILES string of the molecule is CN1CCN(Cc2ccc(CN)s2)C(c2ccccc2)C1. The maximum absolute atomic E-state index is 5.72. The maximum atomic E-state index is 5.72. The van der Waals surface area contributed by atoms with Gasteiger partial charge < -0.3 is 10.6 Å². The van der Waals surface area contributed by atoms with Crippen LogP contribution in [0.2, 0.25) is 0 Å². The van der Waals surface area contributed by atoms with Crippen molar-refractivity contribution >= 4 is 11.3 Å². The van der Waals surface area contributed by atoms with Crippen LogP contribution in [0.25, 0.3) is 0 Å². The van der Waals surface area contributed by atoms with Crippen LogP contribution >= 0.6 is 11.3 Å². The van der Waals surface area contributed by atoms with E-state index in [9.17, 15) is 0 Å². The van der Waals surface area contributed by atoms with Crippen molar-refractivity contribution in [1.29, 1.82) is 0 Å². The zero-order chi connectivity index (χ0) is 14.7. The van der Waals surface area contributed by atoms with E-state index in [1.807, 2.05) is 11.3 Å². The number of likely N-dealkylation sites (N-methyl/N-ethyl adjacent to an activating group) is 1. The van der Waals surface area contributed by atoms with E-state index < -0.39 is 0 Å². The molecule has 0 saturated carbocycles. The van der Waals surface area contributed by atoms with Crippen LogP contribution in [0, 0.1) is 0 Å². The third kappa shape index (κ3) is 3.52. The molecule has 3 rings (SSSR count). The van der Waals surface area contributed by atoms with Crippen LogP contribution in [0.15, 0.2) is 42.5 Å². The zero-order valence-corrected chi connectivity index (χ0v) is 13.4. The lowest BCUT2D eigenvalue weighted by Crippen LogP contribution is -2.46. The van der Waals surface area contributed by atoms with Crippen LogP contribution in [0.5, 0.6) is 0 Å². The summed E-state index contributed by atoms with van der Waals surface area (Å²) in [6, 6.07) is 15.7. The third-order valence-corrected chi connectivity index (χ3v) is 5.25. The van der Waals surface area contributed by atoms with Gasteiger partial charge in [0.1, 0.15) is 0 Å². The van der Waals surface area contributed by atoms with E-state index in [0.717, 1.165) is 26.2 Å². The third-order valence-electron chi connectivity index (χ3n) is 4.16. The second-order valence-corrected chi connectivity index (χ2v) is 6.98. The van der Waals surface area contributed by atoms with Gasteiger partial charge >= 0.3 is 0 Å². The minimum Gasteiger partial charge on any atom is -0.326 e. The quantitative estimate of drug-likeness (QED) is 0.942.